The molecule has 0 spiro atoms. The van der Waals surface area contributed by atoms with Gasteiger partial charge in [0, 0.05) is 21.9 Å². The Morgan fingerprint density at radius 1 is 1.60 bits per heavy atom. The summed E-state index contributed by atoms with van der Waals surface area (Å²) in [5.74, 6) is 0.0183. The van der Waals surface area contributed by atoms with E-state index in [1.807, 2.05) is 11.4 Å². The quantitative estimate of drug-likeness (QED) is 0.876. The van der Waals surface area contributed by atoms with Crippen LogP contribution in [0.15, 0.2) is 15.9 Å². The van der Waals surface area contributed by atoms with Gasteiger partial charge in [0.25, 0.3) is 5.91 Å². The maximum absolute atomic E-state index is 11.8. The van der Waals surface area contributed by atoms with Crippen LogP contribution in [0.4, 0.5) is 0 Å². The summed E-state index contributed by atoms with van der Waals surface area (Å²) in [6, 6.07) is 2.35. The molecule has 0 aliphatic heterocycles. The first kappa shape index (κ1) is 11.1. The van der Waals surface area contributed by atoms with Gasteiger partial charge in [-0.3, -0.25) is 4.79 Å². The molecular formula is C10H13BrN2OS. The lowest BCUT2D eigenvalue weighted by molar-refractivity contribution is 0.0942. The lowest BCUT2D eigenvalue weighted by Gasteiger charge is -2.10. The van der Waals surface area contributed by atoms with Crippen molar-refractivity contribution in [2.24, 2.45) is 5.73 Å². The second kappa shape index (κ2) is 4.63. The van der Waals surface area contributed by atoms with E-state index >= 15 is 0 Å². The first-order valence-electron chi connectivity index (χ1n) is 4.95. The van der Waals surface area contributed by atoms with E-state index in [-0.39, 0.29) is 18.0 Å². The summed E-state index contributed by atoms with van der Waals surface area (Å²) >= 11 is 4.78. The highest BCUT2D eigenvalue weighted by molar-refractivity contribution is 9.10. The Hall–Kier alpha value is -0.390. The topological polar surface area (TPSA) is 55.1 Å². The average molecular weight is 289 g/mol. The minimum Gasteiger partial charge on any atom is -0.349 e. The Morgan fingerprint density at radius 2 is 2.40 bits per heavy atom. The molecule has 0 radical (unpaired) electrons. The van der Waals surface area contributed by atoms with Gasteiger partial charge >= 0.3 is 0 Å². The molecule has 1 heterocycles. The van der Waals surface area contributed by atoms with Crippen molar-refractivity contribution in [2.45, 2.75) is 31.3 Å². The van der Waals surface area contributed by atoms with Crippen LogP contribution in [0.1, 0.15) is 28.9 Å². The number of thiophene rings is 1. The summed E-state index contributed by atoms with van der Waals surface area (Å²) in [5.41, 5.74) is 5.79. The fourth-order valence-electron chi connectivity index (χ4n) is 1.84. The summed E-state index contributed by atoms with van der Waals surface area (Å²) < 4.78 is 0.959. The molecule has 1 fully saturated rings. The molecule has 2 atom stereocenters. The molecule has 2 unspecified atom stereocenters. The van der Waals surface area contributed by atoms with Crippen LogP contribution in [0.5, 0.6) is 0 Å². The van der Waals surface area contributed by atoms with Crippen molar-refractivity contribution >= 4 is 33.2 Å². The van der Waals surface area contributed by atoms with Crippen LogP contribution < -0.4 is 11.1 Å². The van der Waals surface area contributed by atoms with Crippen LogP contribution in [0.25, 0.3) is 0 Å². The molecule has 1 saturated carbocycles. The number of carbonyl (C=O) groups excluding carboxylic acids is 1. The van der Waals surface area contributed by atoms with Gasteiger partial charge in [-0.2, -0.15) is 0 Å². The van der Waals surface area contributed by atoms with Crippen LogP contribution >= 0.6 is 27.3 Å². The third kappa shape index (κ3) is 2.80. The molecule has 15 heavy (non-hydrogen) atoms. The SMILES string of the molecule is NC1CCC(NC(=O)c2cc(Br)cs2)C1. The van der Waals surface area contributed by atoms with Gasteiger partial charge in [0.05, 0.1) is 4.88 Å². The lowest BCUT2D eigenvalue weighted by Crippen LogP contribution is -2.33. The minimum absolute atomic E-state index is 0.0183. The second-order valence-corrected chi connectivity index (χ2v) is 5.70. The fourth-order valence-corrected chi connectivity index (χ4v) is 3.17. The van der Waals surface area contributed by atoms with Gasteiger partial charge in [-0.15, -0.1) is 11.3 Å². The normalized spacial score (nSPS) is 25.5. The summed E-state index contributed by atoms with van der Waals surface area (Å²) in [7, 11) is 0. The molecule has 1 aromatic heterocycles. The number of carbonyl (C=O) groups is 1. The van der Waals surface area contributed by atoms with Crippen molar-refractivity contribution in [1.29, 1.82) is 0 Å². The van der Waals surface area contributed by atoms with Crippen LogP contribution in [0, 0.1) is 0 Å². The maximum Gasteiger partial charge on any atom is 0.261 e. The Balaban J connectivity index is 1.92. The first-order valence-corrected chi connectivity index (χ1v) is 6.63. The Labute approximate surface area is 101 Å². The zero-order valence-electron chi connectivity index (χ0n) is 8.20. The summed E-state index contributed by atoms with van der Waals surface area (Å²) in [4.78, 5) is 12.5. The lowest BCUT2D eigenvalue weighted by atomic mass is 10.2. The molecule has 0 bridgehead atoms. The number of halogens is 1. The zero-order chi connectivity index (χ0) is 10.8. The highest BCUT2D eigenvalue weighted by atomic mass is 79.9. The van der Waals surface area contributed by atoms with E-state index in [1.54, 1.807) is 0 Å². The third-order valence-corrected chi connectivity index (χ3v) is 4.29. The predicted molar refractivity (Wildman–Crippen MR) is 65.1 cm³/mol. The van der Waals surface area contributed by atoms with Crippen LogP contribution in [-0.4, -0.2) is 18.0 Å². The van der Waals surface area contributed by atoms with Crippen molar-refractivity contribution in [3.8, 4) is 0 Å². The van der Waals surface area contributed by atoms with Crippen LogP contribution in [0.2, 0.25) is 0 Å². The summed E-state index contributed by atoms with van der Waals surface area (Å²) in [6.45, 7) is 0. The van der Waals surface area contributed by atoms with Crippen molar-refractivity contribution < 1.29 is 4.79 Å². The molecule has 3 nitrogen and oxygen atoms in total. The Kier molecular flexibility index (Phi) is 3.43. The van der Waals surface area contributed by atoms with Gasteiger partial charge < -0.3 is 11.1 Å². The molecule has 3 N–H and O–H groups in total. The molecule has 1 aliphatic carbocycles. The molecule has 1 aromatic rings. The molecule has 2 rings (SSSR count). The second-order valence-electron chi connectivity index (χ2n) is 3.87. The molecule has 0 aromatic carbocycles. The highest BCUT2D eigenvalue weighted by Gasteiger charge is 2.23. The minimum atomic E-state index is 0.0183. The van der Waals surface area contributed by atoms with Crippen LogP contribution in [-0.2, 0) is 0 Å². The highest BCUT2D eigenvalue weighted by Crippen LogP contribution is 2.21. The molecule has 5 heteroatoms. The number of hydrogen-bond acceptors (Lipinski definition) is 3. The smallest absolute Gasteiger partial charge is 0.261 e. The largest absolute Gasteiger partial charge is 0.349 e. The van der Waals surface area contributed by atoms with E-state index in [2.05, 4.69) is 21.2 Å². The molecule has 82 valence electrons. The van der Waals surface area contributed by atoms with Gasteiger partial charge in [0.1, 0.15) is 0 Å². The fraction of sp³-hybridized carbons (Fsp3) is 0.500. The zero-order valence-corrected chi connectivity index (χ0v) is 10.6. The van der Waals surface area contributed by atoms with Crippen molar-refractivity contribution in [3.63, 3.8) is 0 Å². The van der Waals surface area contributed by atoms with Gasteiger partial charge in [-0.25, -0.2) is 0 Å². The number of rotatable bonds is 2. The van der Waals surface area contributed by atoms with E-state index in [4.69, 9.17) is 5.73 Å². The molecule has 1 amide bonds. The number of hydrogen-bond donors (Lipinski definition) is 2. The average Bonchev–Trinajstić information content (AvgIpc) is 2.75. The summed E-state index contributed by atoms with van der Waals surface area (Å²) in [6.07, 6.45) is 2.91. The number of amides is 1. The molecule has 1 aliphatic rings. The van der Waals surface area contributed by atoms with Crippen molar-refractivity contribution in [1.82, 2.24) is 5.32 Å². The Bertz CT molecular complexity index is 366. The van der Waals surface area contributed by atoms with E-state index in [0.29, 0.717) is 0 Å². The van der Waals surface area contributed by atoms with E-state index in [9.17, 15) is 4.79 Å². The first-order chi connectivity index (χ1) is 7.15. The molecule has 0 saturated heterocycles. The summed E-state index contributed by atoms with van der Waals surface area (Å²) in [5, 5.41) is 4.92. The number of nitrogens with one attached hydrogen (secondary N) is 1. The van der Waals surface area contributed by atoms with Crippen LogP contribution in [0.3, 0.4) is 0 Å². The van der Waals surface area contributed by atoms with E-state index in [0.717, 1.165) is 28.6 Å². The third-order valence-electron chi connectivity index (χ3n) is 2.60. The standard InChI is InChI=1S/C10H13BrN2OS/c11-6-3-9(15-5-6)10(14)13-8-2-1-7(12)4-8/h3,5,7-8H,1-2,4,12H2,(H,13,14). The predicted octanol–water partition coefficient (Wildman–Crippen LogP) is 2.12. The van der Waals surface area contributed by atoms with Gasteiger partial charge in [-0.05, 0) is 41.3 Å². The van der Waals surface area contributed by atoms with Crippen molar-refractivity contribution in [2.75, 3.05) is 0 Å². The van der Waals surface area contributed by atoms with Gasteiger partial charge in [-0.1, -0.05) is 0 Å². The van der Waals surface area contributed by atoms with Crippen molar-refractivity contribution in [3.05, 3.63) is 20.8 Å². The Morgan fingerprint density at radius 3 is 2.93 bits per heavy atom. The van der Waals surface area contributed by atoms with Gasteiger partial charge in [0.2, 0.25) is 0 Å². The monoisotopic (exact) mass is 288 g/mol. The van der Waals surface area contributed by atoms with Gasteiger partial charge in [0.15, 0.2) is 0 Å². The number of nitrogens with two attached hydrogens (primary N) is 1. The molecular weight excluding hydrogens is 276 g/mol. The van der Waals surface area contributed by atoms with E-state index < -0.39 is 0 Å². The maximum atomic E-state index is 11.8. The van der Waals surface area contributed by atoms with E-state index in [1.165, 1.54) is 11.3 Å².